The molecule has 1 aliphatic rings. The number of ether oxygens (including phenoxy) is 5. The highest BCUT2D eigenvalue weighted by Gasteiger charge is 2.63. The molecule has 13 heteroatoms. The summed E-state index contributed by atoms with van der Waals surface area (Å²) in [5.41, 5.74) is 2.84. The van der Waals surface area contributed by atoms with Gasteiger partial charge in [0.1, 0.15) is 18.3 Å². The fourth-order valence-electron chi connectivity index (χ4n) is 5.45. The second-order valence-electron chi connectivity index (χ2n) is 12.0. The molecule has 5 rings (SSSR count). The summed E-state index contributed by atoms with van der Waals surface area (Å²) in [5, 5.41) is 0. The monoisotopic (exact) mass is 732 g/mol. The smallest absolute Gasteiger partial charge is 0.368 e. The molecular formula is C39H35F7O6. The molecule has 1 aliphatic heterocycles. The van der Waals surface area contributed by atoms with Gasteiger partial charge in [0.25, 0.3) is 0 Å². The van der Waals surface area contributed by atoms with Crippen LogP contribution in [0.2, 0.25) is 0 Å². The molecule has 6 nitrogen and oxygen atoms in total. The minimum absolute atomic E-state index is 0.0232. The van der Waals surface area contributed by atoms with Crippen LogP contribution in [0.25, 0.3) is 0 Å². The van der Waals surface area contributed by atoms with E-state index in [-0.39, 0.29) is 26.4 Å². The van der Waals surface area contributed by atoms with Crippen LogP contribution in [0.4, 0.5) is 30.7 Å². The Kier molecular flexibility index (Phi) is 13.4. The van der Waals surface area contributed by atoms with E-state index in [2.05, 4.69) is 0 Å². The first-order valence-corrected chi connectivity index (χ1v) is 16.2. The number of halogens is 7. The maximum atomic E-state index is 14.9. The van der Waals surface area contributed by atoms with E-state index in [1.165, 1.54) is 0 Å². The van der Waals surface area contributed by atoms with Crippen molar-refractivity contribution in [2.75, 3.05) is 0 Å². The number of alkyl halides is 5. The number of allylic oxidation sites excluding steroid dienone is 2. The zero-order valence-electron chi connectivity index (χ0n) is 27.6. The Bertz CT molecular complexity index is 1720. The molecule has 1 saturated heterocycles. The Morgan fingerprint density at radius 1 is 0.538 bits per heavy atom. The maximum Gasteiger partial charge on any atom is 0.460 e. The van der Waals surface area contributed by atoms with Gasteiger partial charge in [0.05, 0.1) is 32.5 Å². The molecule has 0 aliphatic carbocycles. The number of ketones is 1. The quantitative estimate of drug-likeness (QED) is 0.0847. The topological polar surface area (TPSA) is 63.2 Å². The van der Waals surface area contributed by atoms with Crippen LogP contribution >= 0.6 is 0 Å². The van der Waals surface area contributed by atoms with Gasteiger partial charge in [-0.1, -0.05) is 121 Å². The Morgan fingerprint density at radius 2 is 0.904 bits per heavy atom. The number of hydrogen-bond donors (Lipinski definition) is 0. The van der Waals surface area contributed by atoms with Gasteiger partial charge >= 0.3 is 12.1 Å². The summed E-state index contributed by atoms with van der Waals surface area (Å²) in [6.45, 7) is -0.187. The van der Waals surface area contributed by atoms with Crippen molar-refractivity contribution in [1.29, 1.82) is 0 Å². The predicted octanol–water partition coefficient (Wildman–Crippen LogP) is 8.99. The first kappa shape index (κ1) is 38.8. The second-order valence-corrected chi connectivity index (χ2v) is 12.0. The minimum atomic E-state index is -6.49. The molecule has 1 heterocycles. The number of Topliss-reactive ketones (excluding diaryl/α,β-unsaturated/α-hetero) is 1. The summed E-state index contributed by atoms with van der Waals surface area (Å²) in [6, 6.07) is 35.6. The van der Waals surface area contributed by atoms with Crippen molar-refractivity contribution in [3.05, 3.63) is 155 Å². The number of benzene rings is 4. The summed E-state index contributed by atoms with van der Waals surface area (Å²) in [6.07, 6.45) is -14.3. The summed E-state index contributed by atoms with van der Waals surface area (Å²) >= 11 is 0. The summed E-state index contributed by atoms with van der Waals surface area (Å²) in [4.78, 5) is 13.0. The SMILES string of the molecule is O=C(C[C@@H]1O[C@H](OCc2ccccc2)[C@@H](OCc2ccccc2)[C@H](OCc2ccccc2)[C@H]1OCc1ccccc1)/C(F)=C(\F)C(F)(F)C(F)(F)F. The standard InChI is InChI=1S/C39H35F7O6/c40-32(36(41)38(42,43)39(44,45)46)30(47)21-31-33(48-22-26-13-5-1-6-14-26)34(49-23-27-15-7-2-8-16-27)35(50-24-28-17-9-3-10-18-28)37(52-31)51-25-29-19-11-4-12-20-29/h1-20,31,33-35,37H,21-25H2/b36-32+/t31-,33-,34+,35-,37-/m0/s1. The number of rotatable bonds is 16. The molecular weight excluding hydrogens is 697 g/mol. The first-order chi connectivity index (χ1) is 24.9. The van der Waals surface area contributed by atoms with Gasteiger partial charge in [0.2, 0.25) is 11.7 Å². The van der Waals surface area contributed by atoms with Crippen molar-refractivity contribution in [2.45, 2.75) is 75.7 Å². The van der Waals surface area contributed by atoms with Gasteiger partial charge in [-0.2, -0.15) is 26.3 Å². The van der Waals surface area contributed by atoms with Crippen molar-refractivity contribution in [3.8, 4) is 0 Å². The van der Waals surface area contributed by atoms with Gasteiger partial charge in [-0.3, -0.25) is 4.79 Å². The van der Waals surface area contributed by atoms with E-state index in [9.17, 15) is 35.5 Å². The van der Waals surface area contributed by atoms with E-state index >= 15 is 0 Å². The molecule has 276 valence electrons. The van der Waals surface area contributed by atoms with Crippen molar-refractivity contribution in [3.63, 3.8) is 0 Å². The lowest BCUT2D eigenvalue weighted by atomic mass is 9.93. The molecule has 0 N–H and O–H groups in total. The molecule has 1 fully saturated rings. The van der Waals surface area contributed by atoms with E-state index < -0.39 is 66.7 Å². The summed E-state index contributed by atoms with van der Waals surface area (Å²) in [7, 11) is 0. The zero-order chi connectivity index (χ0) is 37.1. The normalized spacial score (nSPS) is 21.4. The minimum Gasteiger partial charge on any atom is -0.368 e. The maximum absolute atomic E-state index is 14.9. The van der Waals surface area contributed by atoms with E-state index in [4.69, 9.17) is 23.7 Å². The first-order valence-electron chi connectivity index (χ1n) is 16.2. The third-order valence-corrected chi connectivity index (χ3v) is 8.16. The average Bonchev–Trinajstić information content (AvgIpc) is 3.15. The highest BCUT2D eigenvalue weighted by molar-refractivity contribution is 5.94. The Hall–Kier alpha value is -4.40. The second kappa shape index (κ2) is 17.9. The van der Waals surface area contributed by atoms with Gasteiger partial charge in [0.15, 0.2) is 12.1 Å². The molecule has 0 radical (unpaired) electrons. The predicted molar refractivity (Wildman–Crippen MR) is 175 cm³/mol. The molecule has 0 amide bonds. The van der Waals surface area contributed by atoms with E-state index in [1.807, 2.05) is 18.2 Å². The van der Waals surface area contributed by atoms with Crippen LogP contribution < -0.4 is 0 Å². The molecule has 0 saturated carbocycles. The Morgan fingerprint density at radius 3 is 1.31 bits per heavy atom. The number of hydrogen-bond acceptors (Lipinski definition) is 6. The lowest BCUT2D eigenvalue weighted by Gasteiger charge is -2.46. The van der Waals surface area contributed by atoms with Crippen molar-refractivity contribution < 1.29 is 59.2 Å². The average molecular weight is 733 g/mol. The molecule has 0 aromatic heterocycles. The lowest BCUT2D eigenvalue weighted by molar-refractivity contribution is -0.325. The largest absolute Gasteiger partial charge is 0.460 e. The fraction of sp³-hybridized carbons (Fsp3) is 0.308. The zero-order valence-corrected chi connectivity index (χ0v) is 27.6. The van der Waals surface area contributed by atoms with Crippen molar-refractivity contribution in [2.24, 2.45) is 0 Å². The highest BCUT2D eigenvalue weighted by Crippen LogP contribution is 2.43. The van der Waals surface area contributed by atoms with Gasteiger partial charge in [0, 0.05) is 6.42 Å². The van der Waals surface area contributed by atoms with Crippen LogP contribution in [0, 0.1) is 0 Å². The summed E-state index contributed by atoms with van der Waals surface area (Å²) < 4.78 is 127. The van der Waals surface area contributed by atoms with Crippen LogP contribution in [0.3, 0.4) is 0 Å². The third-order valence-electron chi connectivity index (χ3n) is 8.16. The molecule has 5 atom stereocenters. The fourth-order valence-corrected chi connectivity index (χ4v) is 5.45. The summed E-state index contributed by atoms with van der Waals surface area (Å²) in [5.74, 6) is -14.7. The van der Waals surface area contributed by atoms with E-state index in [1.54, 1.807) is 103 Å². The molecule has 4 aromatic carbocycles. The Balaban J connectivity index is 1.53. The van der Waals surface area contributed by atoms with Crippen molar-refractivity contribution in [1.82, 2.24) is 0 Å². The number of carbonyl (C=O) groups excluding carboxylic acids is 1. The highest BCUT2D eigenvalue weighted by atomic mass is 19.4. The van der Waals surface area contributed by atoms with E-state index in [0.29, 0.717) is 11.1 Å². The Labute approximate surface area is 295 Å². The molecule has 4 aromatic rings. The molecule has 0 unspecified atom stereocenters. The van der Waals surface area contributed by atoms with Gasteiger partial charge in [-0.25, -0.2) is 4.39 Å². The molecule has 0 bridgehead atoms. The van der Waals surface area contributed by atoms with Gasteiger partial charge in [-0.15, -0.1) is 0 Å². The van der Waals surface area contributed by atoms with Crippen LogP contribution in [0.15, 0.2) is 133 Å². The van der Waals surface area contributed by atoms with Crippen LogP contribution in [-0.2, 0) is 54.9 Å². The van der Waals surface area contributed by atoms with Crippen LogP contribution in [-0.4, -0.2) is 48.6 Å². The number of carbonyl (C=O) groups is 1. The van der Waals surface area contributed by atoms with Crippen LogP contribution in [0.5, 0.6) is 0 Å². The van der Waals surface area contributed by atoms with Crippen molar-refractivity contribution >= 4 is 5.78 Å². The van der Waals surface area contributed by atoms with Crippen LogP contribution in [0.1, 0.15) is 28.7 Å². The lowest BCUT2D eigenvalue weighted by Crippen LogP contribution is -2.61. The molecule has 0 spiro atoms. The third kappa shape index (κ3) is 10.1. The van der Waals surface area contributed by atoms with E-state index in [0.717, 1.165) is 11.1 Å². The molecule has 52 heavy (non-hydrogen) atoms. The van der Waals surface area contributed by atoms with Gasteiger partial charge < -0.3 is 23.7 Å². The van der Waals surface area contributed by atoms with Gasteiger partial charge in [-0.05, 0) is 22.3 Å².